The van der Waals surface area contributed by atoms with Gasteiger partial charge in [-0.25, -0.2) is 0 Å². The number of aliphatic hydroxyl groups excluding tert-OH is 1. The molecule has 0 aliphatic heterocycles. The number of aromatic hydroxyl groups is 1. The van der Waals surface area contributed by atoms with Gasteiger partial charge in [0.25, 0.3) is 0 Å². The summed E-state index contributed by atoms with van der Waals surface area (Å²) in [6.07, 6.45) is -7.70. The van der Waals surface area contributed by atoms with E-state index in [2.05, 4.69) is 0 Å². The number of halogens is 4. The molecule has 0 saturated heterocycles. The SMILES string of the molecule is Cn1c(C(O)C(F)(F)F)cc(=O)c(O)c1CCl. The van der Waals surface area contributed by atoms with Gasteiger partial charge in [0.15, 0.2) is 11.9 Å². The minimum atomic E-state index is -4.90. The zero-order chi connectivity index (χ0) is 13.4. The fraction of sp³-hybridized carbons (Fsp3) is 0.444. The summed E-state index contributed by atoms with van der Waals surface area (Å²) in [4.78, 5) is 11.2. The van der Waals surface area contributed by atoms with Gasteiger partial charge in [-0.2, -0.15) is 13.2 Å². The summed E-state index contributed by atoms with van der Waals surface area (Å²) < 4.78 is 37.8. The van der Waals surface area contributed by atoms with E-state index in [1.54, 1.807) is 0 Å². The molecule has 1 atom stereocenters. The van der Waals surface area contributed by atoms with Gasteiger partial charge in [-0.1, -0.05) is 0 Å². The Balaban J connectivity index is 3.47. The van der Waals surface area contributed by atoms with E-state index in [9.17, 15) is 23.1 Å². The maximum Gasteiger partial charge on any atom is 0.420 e. The van der Waals surface area contributed by atoms with Crippen molar-refractivity contribution in [2.24, 2.45) is 7.05 Å². The Bertz CT molecular complexity index is 484. The first-order chi connectivity index (χ1) is 7.70. The van der Waals surface area contributed by atoms with Crippen LogP contribution in [0, 0.1) is 0 Å². The summed E-state index contributed by atoms with van der Waals surface area (Å²) in [6.45, 7) is 0. The maximum atomic E-state index is 12.3. The summed E-state index contributed by atoms with van der Waals surface area (Å²) in [7, 11) is 1.17. The number of alkyl halides is 4. The lowest BCUT2D eigenvalue weighted by atomic mass is 10.2. The third-order valence-corrected chi connectivity index (χ3v) is 2.55. The van der Waals surface area contributed by atoms with E-state index >= 15 is 0 Å². The third-order valence-electron chi connectivity index (χ3n) is 2.29. The lowest BCUT2D eigenvalue weighted by molar-refractivity contribution is -0.208. The quantitative estimate of drug-likeness (QED) is 0.800. The van der Waals surface area contributed by atoms with Gasteiger partial charge in [0, 0.05) is 13.1 Å². The first-order valence-corrected chi connectivity index (χ1v) is 4.96. The molecule has 0 saturated carbocycles. The highest BCUT2D eigenvalue weighted by Crippen LogP contribution is 2.32. The maximum absolute atomic E-state index is 12.3. The van der Waals surface area contributed by atoms with Crippen molar-refractivity contribution in [3.05, 3.63) is 27.7 Å². The second-order valence-electron chi connectivity index (χ2n) is 3.37. The molecule has 2 N–H and O–H groups in total. The molecule has 1 aromatic heterocycles. The molecule has 0 aliphatic rings. The van der Waals surface area contributed by atoms with Crippen LogP contribution in [-0.4, -0.2) is 21.0 Å². The summed E-state index contributed by atoms with van der Waals surface area (Å²) >= 11 is 5.42. The molecule has 1 unspecified atom stereocenters. The number of aliphatic hydroxyl groups is 1. The van der Waals surface area contributed by atoms with Gasteiger partial charge in [0.05, 0.1) is 17.3 Å². The van der Waals surface area contributed by atoms with Gasteiger partial charge >= 0.3 is 6.18 Å². The van der Waals surface area contributed by atoms with Gasteiger partial charge in [-0.3, -0.25) is 4.79 Å². The van der Waals surface area contributed by atoms with Gasteiger partial charge < -0.3 is 14.8 Å². The second kappa shape index (κ2) is 4.58. The van der Waals surface area contributed by atoms with Crippen molar-refractivity contribution in [3.63, 3.8) is 0 Å². The van der Waals surface area contributed by atoms with Crippen LogP contribution >= 0.6 is 11.6 Å². The molecule has 0 radical (unpaired) electrons. The Kier molecular flexibility index (Phi) is 3.73. The standard InChI is InChI=1S/C9H9ClF3NO3/c1-14-4(8(17)9(11,12)13)2-6(15)7(16)5(14)3-10/h2,8,16-17H,3H2,1H3. The molecule has 0 fully saturated rings. The predicted octanol–water partition coefficient (Wildman–Crippen LogP) is 1.43. The van der Waals surface area contributed by atoms with Gasteiger partial charge in [-0.05, 0) is 0 Å². The molecule has 0 aliphatic carbocycles. The Morgan fingerprint density at radius 3 is 2.47 bits per heavy atom. The average Bonchev–Trinajstić information content (AvgIpc) is 2.22. The van der Waals surface area contributed by atoms with Crippen LogP contribution in [0.2, 0.25) is 0 Å². The van der Waals surface area contributed by atoms with Crippen molar-refractivity contribution in [2.45, 2.75) is 18.2 Å². The van der Waals surface area contributed by atoms with Crippen LogP contribution in [-0.2, 0) is 12.9 Å². The third kappa shape index (κ3) is 2.55. The van der Waals surface area contributed by atoms with Crippen LogP contribution in [0.5, 0.6) is 5.75 Å². The smallest absolute Gasteiger partial charge is 0.420 e. The van der Waals surface area contributed by atoms with Crippen LogP contribution in [0.3, 0.4) is 0 Å². The Hall–Kier alpha value is -1.21. The van der Waals surface area contributed by atoms with E-state index in [0.717, 1.165) is 4.57 Å². The van der Waals surface area contributed by atoms with Gasteiger partial charge in [0.2, 0.25) is 5.43 Å². The topological polar surface area (TPSA) is 62.5 Å². The lowest BCUT2D eigenvalue weighted by Crippen LogP contribution is -2.26. The molecular weight excluding hydrogens is 263 g/mol. The molecule has 0 aromatic carbocycles. The Morgan fingerprint density at radius 2 is 2.06 bits per heavy atom. The molecule has 17 heavy (non-hydrogen) atoms. The lowest BCUT2D eigenvalue weighted by Gasteiger charge is -2.20. The van der Waals surface area contributed by atoms with Crippen LogP contribution in [0.1, 0.15) is 17.5 Å². The van der Waals surface area contributed by atoms with E-state index < -0.39 is 29.2 Å². The number of aromatic nitrogens is 1. The predicted molar refractivity (Wildman–Crippen MR) is 53.9 cm³/mol. The summed E-state index contributed by atoms with van der Waals surface area (Å²) in [5.41, 5.74) is -1.87. The summed E-state index contributed by atoms with van der Waals surface area (Å²) in [5.74, 6) is -1.07. The zero-order valence-corrected chi connectivity index (χ0v) is 9.38. The number of pyridine rings is 1. The van der Waals surface area contributed by atoms with Crippen LogP contribution in [0.4, 0.5) is 13.2 Å². The zero-order valence-electron chi connectivity index (χ0n) is 8.62. The minimum absolute atomic E-state index is 0.183. The minimum Gasteiger partial charge on any atom is -0.503 e. The summed E-state index contributed by atoms with van der Waals surface area (Å²) in [5, 5.41) is 18.4. The average molecular weight is 272 g/mol. The normalized spacial score (nSPS) is 13.8. The molecule has 0 amide bonds. The molecule has 4 nitrogen and oxygen atoms in total. The monoisotopic (exact) mass is 271 g/mol. The molecule has 1 rings (SSSR count). The Morgan fingerprint density at radius 1 is 1.53 bits per heavy atom. The molecule has 0 spiro atoms. The van der Waals surface area contributed by atoms with E-state index in [-0.39, 0.29) is 11.6 Å². The highest BCUT2D eigenvalue weighted by molar-refractivity contribution is 6.17. The molecule has 8 heteroatoms. The van der Waals surface area contributed by atoms with Crippen LogP contribution in [0.15, 0.2) is 10.9 Å². The number of nitrogens with zero attached hydrogens (tertiary/aromatic N) is 1. The van der Waals surface area contributed by atoms with Crippen LogP contribution in [0.25, 0.3) is 0 Å². The Labute approximate surface area is 98.9 Å². The molecule has 1 heterocycles. The molecule has 1 aromatic rings. The number of hydrogen-bond donors (Lipinski definition) is 2. The van der Waals surface area contributed by atoms with E-state index in [1.807, 2.05) is 0 Å². The van der Waals surface area contributed by atoms with Gasteiger partial charge in [0.1, 0.15) is 0 Å². The van der Waals surface area contributed by atoms with Crippen molar-refractivity contribution in [3.8, 4) is 5.75 Å². The fourth-order valence-electron chi connectivity index (χ4n) is 1.34. The first-order valence-electron chi connectivity index (χ1n) is 4.42. The van der Waals surface area contributed by atoms with Crippen molar-refractivity contribution >= 4 is 11.6 Å². The largest absolute Gasteiger partial charge is 0.503 e. The summed E-state index contributed by atoms with van der Waals surface area (Å²) in [6, 6.07) is 0.531. The van der Waals surface area contributed by atoms with E-state index in [0.29, 0.717) is 6.07 Å². The highest BCUT2D eigenvalue weighted by Gasteiger charge is 2.41. The van der Waals surface area contributed by atoms with Crippen molar-refractivity contribution in [2.75, 3.05) is 0 Å². The van der Waals surface area contributed by atoms with Crippen molar-refractivity contribution in [1.29, 1.82) is 0 Å². The number of hydrogen-bond acceptors (Lipinski definition) is 3. The molecule has 0 bridgehead atoms. The van der Waals surface area contributed by atoms with Crippen molar-refractivity contribution < 1.29 is 23.4 Å². The highest BCUT2D eigenvalue weighted by atomic mass is 35.5. The fourth-order valence-corrected chi connectivity index (χ4v) is 1.65. The molecular formula is C9H9ClF3NO3. The van der Waals surface area contributed by atoms with Crippen LogP contribution < -0.4 is 5.43 Å². The van der Waals surface area contributed by atoms with Gasteiger partial charge in [-0.15, -0.1) is 11.6 Å². The van der Waals surface area contributed by atoms with Crippen molar-refractivity contribution in [1.82, 2.24) is 4.57 Å². The first kappa shape index (κ1) is 13.9. The second-order valence-corrected chi connectivity index (χ2v) is 3.63. The van der Waals surface area contributed by atoms with E-state index in [1.165, 1.54) is 7.05 Å². The number of rotatable bonds is 2. The molecule has 96 valence electrons. The van der Waals surface area contributed by atoms with E-state index in [4.69, 9.17) is 16.7 Å².